The van der Waals surface area contributed by atoms with Gasteiger partial charge in [-0.05, 0) is 46.3 Å². The molecule has 6 heteroatoms. The minimum absolute atomic E-state index is 0.220. The van der Waals surface area contributed by atoms with Gasteiger partial charge in [0.1, 0.15) is 24.2 Å². The number of aliphatic hydroxyl groups excluding tert-OH is 1. The molecule has 2 heterocycles. The fourth-order valence-corrected chi connectivity index (χ4v) is 4.16. The van der Waals surface area contributed by atoms with Crippen LogP contribution in [0.2, 0.25) is 0 Å². The lowest BCUT2D eigenvalue weighted by atomic mass is 10.0. The first-order valence-corrected chi connectivity index (χ1v) is 10.5. The summed E-state index contributed by atoms with van der Waals surface area (Å²) in [5.74, 6) is 1.60. The van der Waals surface area contributed by atoms with Gasteiger partial charge in [0.15, 0.2) is 0 Å². The highest BCUT2D eigenvalue weighted by atomic mass is 16.5. The van der Waals surface area contributed by atoms with E-state index in [1.54, 1.807) is 7.11 Å². The highest BCUT2D eigenvalue weighted by Crippen LogP contribution is 2.33. The smallest absolute Gasteiger partial charge is 0.127 e. The predicted octanol–water partition coefficient (Wildman–Crippen LogP) is 2.06. The largest absolute Gasteiger partial charge is 0.497 e. The lowest BCUT2D eigenvalue weighted by Crippen LogP contribution is -2.47. The molecule has 2 fully saturated rings. The van der Waals surface area contributed by atoms with Crippen LogP contribution < -0.4 is 9.47 Å². The van der Waals surface area contributed by atoms with Gasteiger partial charge in [-0.1, -0.05) is 6.07 Å². The Kier molecular flexibility index (Phi) is 7.20. The number of hydrogen-bond donors (Lipinski definition) is 1. The molecule has 0 radical (unpaired) electrons. The van der Waals surface area contributed by atoms with Crippen molar-refractivity contribution in [3.63, 3.8) is 0 Å². The van der Waals surface area contributed by atoms with Crippen molar-refractivity contribution in [1.29, 1.82) is 0 Å². The second kappa shape index (κ2) is 9.44. The number of aliphatic hydroxyl groups is 1. The predicted molar refractivity (Wildman–Crippen MR) is 112 cm³/mol. The molecular weight excluding hydrogens is 354 g/mol. The molecule has 1 N–H and O–H groups in total. The van der Waals surface area contributed by atoms with Crippen LogP contribution in [0.25, 0.3) is 0 Å². The second-order valence-corrected chi connectivity index (χ2v) is 8.88. The molecule has 6 nitrogen and oxygen atoms in total. The minimum Gasteiger partial charge on any atom is -0.497 e. The van der Waals surface area contributed by atoms with Gasteiger partial charge in [0.2, 0.25) is 0 Å². The van der Waals surface area contributed by atoms with E-state index in [2.05, 4.69) is 41.7 Å². The number of ether oxygens (including phenoxy) is 2. The van der Waals surface area contributed by atoms with E-state index < -0.39 is 6.10 Å². The molecule has 0 saturated carbocycles. The van der Waals surface area contributed by atoms with E-state index in [4.69, 9.17) is 9.47 Å². The van der Waals surface area contributed by atoms with Gasteiger partial charge in [0, 0.05) is 56.4 Å². The molecule has 0 aromatic heterocycles. The van der Waals surface area contributed by atoms with Gasteiger partial charge < -0.3 is 19.5 Å². The molecule has 0 bridgehead atoms. The molecule has 0 aliphatic carbocycles. The molecule has 158 valence electrons. The summed E-state index contributed by atoms with van der Waals surface area (Å²) in [6, 6.07) is 6.03. The van der Waals surface area contributed by atoms with E-state index in [1.807, 2.05) is 12.1 Å². The number of benzene rings is 1. The van der Waals surface area contributed by atoms with Crippen molar-refractivity contribution in [1.82, 2.24) is 14.7 Å². The van der Waals surface area contributed by atoms with Gasteiger partial charge in [0.05, 0.1) is 7.11 Å². The lowest BCUT2D eigenvalue weighted by Gasteiger charge is -2.33. The fraction of sp³-hybridized carbons (Fsp3) is 0.727. The Morgan fingerprint density at radius 3 is 2.54 bits per heavy atom. The average Bonchev–Trinajstić information content (AvgIpc) is 3.01. The molecule has 0 amide bonds. The van der Waals surface area contributed by atoms with Gasteiger partial charge in [-0.15, -0.1) is 0 Å². The third kappa shape index (κ3) is 5.60. The molecule has 0 spiro atoms. The summed E-state index contributed by atoms with van der Waals surface area (Å²) in [7, 11) is 3.81. The number of methoxy groups -OCH3 is 1. The van der Waals surface area contributed by atoms with Gasteiger partial charge in [0.25, 0.3) is 0 Å². The third-order valence-electron chi connectivity index (χ3n) is 6.20. The highest BCUT2D eigenvalue weighted by molar-refractivity contribution is 5.41. The van der Waals surface area contributed by atoms with Crippen molar-refractivity contribution in [3.05, 3.63) is 23.8 Å². The normalized spacial score (nSPS) is 22.3. The summed E-state index contributed by atoms with van der Waals surface area (Å²) in [6.45, 7) is 11.7. The van der Waals surface area contributed by atoms with Gasteiger partial charge in [-0.2, -0.15) is 0 Å². The number of rotatable bonds is 8. The van der Waals surface area contributed by atoms with E-state index >= 15 is 0 Å². The van der Waals surface area contributed by atoms with Crippen molar-refractivity contribution >= 4 is 0 Å². The SMILES string of the molecule is COc1ccc(CN2CCCC2(C)C)c(OCC(O)CN2CCN(C)CC2)c1. The first-order valence-electron chi connectivity index (χ1n) is 10.5. The second-order valence-electron chi connectivity index (χ2n) is 8.88. The maximum absolute atomic E-state index is 10.5. The van der Waals surface area contributed by atoms with Crippen LogP contribution in [-0.2, 0) is 6.54 Å². The van der Waals surface area contributed by atoms with Crippen molar-refractivity contribution in [2.45, 2.75) is 44.9 Å². The number of likely N-dealkylation sites (tertiary alicyclic amines) is 1. The third-order valence-corrected chi connectivity index (χ3v) is 6.20. The summed E-state index contributed by atoms with van der Waals surface area (Å²) in [4.78, 5) is 7.15. The van der Waals surface area contributed by atoms with Crippen LogP contribution in [0.4, 0.5) is 0 Å². The molecule has 2 saturated heterocycles. The van der Waals surface area contributed by atoms with E-state index in [1.165, 1.54) is 12.8 Å². The molecule has 2 aliphatic heterocycles. The Balaban J connectivity index is 1.59. The first-order chi connectivity index (χ1) is 13.4. The summed E-state index contributed by atoms with van der Waals surface area (Å²) in [6.07, 6.45) is 1.97. The molecule has 1 aromatic rings. The summed E-state index contributed by atoms with van der Waals surface area (Å²) >= 11 is 0. The quantitative estimate of drug-likeness (QED) is 0.732. The molecule has 1 atom stereocenters. The lowest BCUT2D eigenvalue weighted by molar-refractivity contribution is 0.0497. The zero-order chi connectivity index (χ0) is 20.1. The molecule has 1 unspecified atom stereocenters. The van der Waals surface area contributed by atoms with Crippen LogP contribution >= 0.6 is 0 Å². The maximum Gasteiger partial charge on any atom is 0.127 e. The summed E-state index contributed by atoms with van der Waals surface area (Å²) < 4.78 is 11.5. The molecule has 3 rings (SSSR count). The monoisotopic (exact) mass is 391 g/mol. The zero-order valence-corrected chi connectivity index (χ0v) is 18.0. The van der Waals surface area contributed by atoms with Crippen LogP contribution in [0.15, 0.2) is 18.2 Å². The number of nitrogens with zero attached hydrogens (tertiary/aromatic N) is 3. The van der Waals surface area contributed by atoms with Crippen LogP contribution in [0.5, 0.6) is 11.5 Å². The van der Waals surface area contributed by atoms with Crippen LogP contribution in [0.3, 0.4) is 0 Å². The van der Waals surface area contributed by atoms with Crippen LogP contribution in [0.1, 0.15) is 32.3 Å². The van der Waals surface area contributed by atoms with Crippen molar-refractivity contribution in [2.75, 3.05) is 60.0 Å². The molecule has 1 aromatic carbocycles. The fourth-order valence-electron chi connectivity index (χ4n) is 4.16. The Labute approximate surface area is 170 Å². The van der Waals surface area contributed by atoms with Crippen molar-refractivity contribution in [3.8, 4) is 11.5 Å². The van der Waals surface area contributed by atoms with E-state index in [0.29, 0.717) is 13.2 Å². The number of likely N-dealkylation sites (N-methyl/N-ethyl adjacent to an activating group) is 1. The Morgan fingerprint density at radius 2 is 1.89 bits per heavy atom. The van der Waals surface area contributed by atoms with E-state index in [-0.39, 0.29) is 5.54 Å². The molecular formula is C22H37N3O3. The Bertz CT molecular complexity index is 629. The van der Waals surface area contributed by atoms with Crippen LogP contribution in [-0.4, -0.2) is 91.5 Å². The summed E-state index contributed by atoms with van der Waals surface area (Å²) in [5.41, 5.74) is 1.38. The van der Waals surface area contributed by atoms with E-state index in [9.17, 15) is 5.11 Å². The average molecular weight is 392 g/mol. The minimum atomic E-state index is -0.495. The van der Waals surface area contributed by atoms with Gasteiger partial charge >= 0.3 is 0 Å². The number of β-amino-alcohol motifs (C(OH)–C–C–N with tert-alkyl or cyclic N) is 1. The molecule has 2 aliphatic rings. The van der Waals surface area contributed by atoms with Crippen molar-refractivity contribution < 1.29 is 14.6 Å². The Morgan fingerprint density at radius 1 is 1.14 bits per heavy atom. The Hall–Kier alpha value is -1.34. The van der Waals surface area contributed by atoms with Crippen LogP contribution in [0, 0.1) is 0 Å². The molecule has 28 heavy (non-hydrogen) atoms. The maximum atomic E-state index is 10.5. The zero-order valence-electron chi connectivity index (χ0n) is 18.0. The topological polar surface area (TPSA) is 48.4 Å². The number of piperazine rings is 1. The summed E-state index contributed by atoms with van der Waals surface area (Å²) in [5, 5.41) is 10.5. The van der Waals surface area contributed by atoms with E-state index in [0.717, 1.165) is 56.3 Å². The number of hydrogen-bond acceptors (Lipinski definition) is 6. The van der Waals surface area contributed by atoms with Crippen molar-refractivity contribution in [2.24, 2.45) is 0 Å². The van der Waals surface area contributed by atoms with Gasteiger partial charge in [-0.3, -0.25) is 9.80 Å². The first kappa shape index (κ1) is 21.4. The highest BCUT2D eigenvalue weighted by Gasteiger charge is 2.32. The standard InChI is InChI=1S/C22H37N3O3/c1-22(2)8-5-9-25(22)15-18-6-7-20(27-4)14-21(18)28-17-19(26)16-24-12-10-23(3)11-13-24/h6-7,14,19,26H,5,8-13,15-17H2,1-4H3. The van der Waals surface area contributed by atoms with Gasteiger partial charge in [-0.25, -0.2) is 0 Å².